The van der Waals surface area contributed by atoms with Crippen LogP contribution in [0, 0.1) is 0 Å². The second kappa shape index (κ2) is 10.7. The molecule has 31 heavy (non-hydrogen) atoms. The molecule has 1 heterocycles. The van der Waals surface area contributed by atoms with E-state index in [4.69, 9.17) is 16.3 Å². The topological polar surface area (TPSA) is 75.7 Å². The molecule has 2 atom stereocenters. The number of esters is 1. The number of benzene rings is 2. The minimum Gasteiger partial charge on any atom is -0.454 e. The fraction of sp³-hybridized carbons (Fsp3) is 0.348. The number of hydrogen-bond donors (Lipinski definition) is 1. The standard InChI is InChI=1S/C23H25ClN2O4S/c1-15-13-17-5-3-4-6-20(17)26(15)21(27)14-30-23(29)19(11-12-31-2)25-22(28)16-7-9-18(24)10-8-16/h3-10,15,19H,11-14H2,1-2H3,(H,25,28)/t15-,19-/m0/s1. The minimum absolute atomic E-state index is 0.000461. The van der Waals surface area contributed by atoms with E-state index in [0.717, 1.165) is 17.7 Å². The van der Waals surface area contributed by atoms with Crippen molar-refractivity contribution in [1.29, 1.82) is 0 Å². The van der Waals surface area contributed by atoms with Crippen molar-refractivity contribution in [2.75, 3.05) is 23.5 Å². The maximum Gasteiger partial charge on any atom is 0.329 e. The highest BCUT2D eigenvalue weighted by atomic mass is 35.5. The third-order valence-electron chi connectivity index (χ3n) is 5.12. The molecule has 0 aliphatic carbocycles. The molecular weight excluding hydrogens is 436 g/mol. The molecule has 1 aliphatic heterocycles. The van der Waals surface area contributed by atoms with Gasteiger partial charge in [-0.05, 0) is 67.7 Å². The summed E-state index contributed by atoms with van der Waals surface area (Å²) in [6, 6.07) is 13.3. The normalized spacial score (nSPS) is 15.8. The van der Waals surface area contributed by atoms with Crippen molar-refractivity contribution in [2.24, 2.45) is 0 Å². The van der Waals surface area contributed by atoms with Crippen molar-refractivity contribution in [2.45, 2.75) is 31.8 Å². The summed E-state index contributed by atoms with van der Waals surface area (Å²) in [5.74, 6) is -0.637. The molecule has 0 radical (unpaired) electrons. The van der Waals surface area contributed by atoms with E-state index in [1.807, 2.05) is 37.4 Å². The molecule has 0 fully saturated rings. The van der Waals surface area contributed by atoms with Gasteiger partial charge in [-0.15, -0.1) is 0 Å². The Balaban J connectivity index is 1.62. The molecule has 6 nitrogen and oxygen atoms in total. The first-order valence-corrected chi connectivity index (χ1v) is 11.8. The molecule has 0 saturated carbocycles. The van der Waals surface area contributed by atoms with Gasteiger partial charge in [0, 0.05) is 22.3 Å². The zero-order valence-electron chi connectivity index (χ0n) is 17.5. The van der Waals surface area contributed by atoms with E-state index in [2.05, 4.69) is 5.32 Å². The first kappa shape index (κ1) is 23.2. The van der Waals surface area contributed by atoms with Gasteiger partial charge in [0.2, 0.25) is 0 Å². The number of carbonyl (C=O) groups is 3. The summed E-state index contributed by atoms with van der Waals surface area (Å²) >= 11 is 7.42. The first-order valence-electron chi connectivity index (χ1n) is 10.0. The fourth-order valence-corrected chi connectivity index (χ4v) is 4.17. The predicted octanol–water partition coefficient (Wildman–Crippen LogP) is 3.71. The summed E-state index contributed by atoms with van der Waals surface area (Å²) in [6.07, 6.45) is 3.08. The number of hydrogen-bond acceptors (Lipinski definition) is 5. The van der Waals surface area contributed by atoms with Crippen LogP contribution in [0.1, 0.15) is 29.3 Å². The number of ether oxygens (including phenoxy) is 1. The van der Waals surface area contributed by atoms with Crippen molar-refractivity contribution < 1.29 is 19.1 Å². The average molecular weight is 461 g/mol. The van der Waals surface area contributed by atoms with Crippen LogP contribution < -0.4 is 10.2 Å². The van der Waals surface area contributed by atoms with Gasteiger partial charge in [0.05, 0.1) is 0 Å². The van der Waals surface area contributed by atoms with Crippen LogP contribution in [-0.2, 0) is 20.7 Å². The van der Waals surface area contributed by atoms with E-state index >= 15 is 0 Å². The summed E-state index contributed by atoms with van der Waals surface area (Å²) < 4.78 is 5.32. The Morgan fingerprint density at radius 1 is 1.19 bits per heavy atom. The molecule has 1 N–H and O–H groups in total. The molecule has 2 aromatic rings. The van der Waals surface area contributed by atoms with Crippen molar-refractivity contribution in [1.82, 2.24) is 5.32 Å². The van der Waals surface area contributed by atoms with Gasteiger partial charge in [-0.1, -0.05) is 29.8 Å². The number of carbonyl (C=O) groups excluding carboxylic acids is 3. The molecule has 0 saturated heterocycles. The van der Waals surface area contributed by atoms with Crippen molar-refractivity contribution in [3.63, 3.8) is 0 Å². The Morgan fingerprint density at radius 3 is 2.61 bits per heavy atom. The number of halogens is 1. The lowest BCUT2D eigenvalue weighted by atomic mass is 10.1. The lowest BCUT2D eigenvalue weighted by molar-refractivity contribution is -0.149. The van der Waals surface area contributed by atoms with Crippen LogP contribution in [0.3, 0.4) is 0 Å². The van der Waals surface area contributed by atoms with E-state index in [0.29, 0.717) is 22.8 Å². The molecule has 2 aromatic carbocycles. The fourth-order valence-electron chi connectivity index (χ4n) is 3.58. The molecule has 3 rings (SSSR count). The number of thioether (sulfide) groups is 1. The quantitative estimate of drug-likeness (QED) is 0.608. The highest BCUT2D eigenvalue weighted by molar-refractivity contribution is 7.98. The Hall–Kier alpha value is -2.51. The largest absolute Gasteiger partial charge is 0.454 e. The van der Waals surface area contributed by atoms with Crippen molar-refractivity contribution in [3.8, 4) is 0 Å². The van der Waals surface area contributed by atoms with Crippen LogP contribution in [0.2, 0.25) is 5.02 Å². The number of para-hydroxylation sites is 1. The number of amides is 2. The summed E-state index contributed by atoms with van der Waals surface area (Å²) in [5, 5.41) is 3.23. The summed E-state index contributed by atoms with van der Waals surface area (Å²) in [7, 11) is 0. The second-order valence-electron chi connectivity index (χ2n) is 7.37. The van der Waals surface area contributed by atoms with Crippen LogP contribution in [0.4, 0.5) is 5.69 Å². The summed E-state index contributed by atoms with van der Waals surface area (Å²) in [6.45, 7) is 1.59. The van der Waals surface area contributed by atoms with Crippen LogP contribution in [0.15, 0.2) is 48.5 Å². The molecule has 164 valence electrons. The first-order chi connectivity index (χ1) is 14.9. The van der Waals surface area contributed by atoms with Gasteiger partial charge >= 0.3 is 5.97 Å². The number of rotatable bonds is 8. The zero-order chi connectivity index (χ0) is 22.4. The molecule has 0 aromatic heterocycles. The Kier molecular flexibility index (Phi) is 7.98. The number of nitrogens with zero attached hydrogens (tertiary/aromatic N) is 1. The predicted molar refractivity (Wildman–Crippen MR) is 124 cm³/mol. The number of anilines is 1. The maximum absolute atomic E-state index is 12.8. The molecule has 2 amide bonds. The second-order valence-corrected chi connectivity index (χ2v) is 8.79. The van der Waals surface area contributed by atoms with E-state index in [9.17, 15) is 14.4 Å². The van der Waals surface area contributed by atoms with E-state index in [1.165, 1.54) is 0 Å². The minimum atomic E-state index is -0.841. The zero-order valence-corrected chi connectivity index (χ0v) is 19.0. The van der Waals surface area contributed by atoms with E-state index in [1.54, 1.807) is 40.9 Å². The number of fused-ring (bicyclic) bond motifs is 1. The van der Waals surface area contributed by atoms with E-state index in [-0.39, 0.29) is 18.6 Å². The average Bonchev–Trinajstić information content (AvgIpc) is 3.10. The van der Waals surface area contributed by atoms with Crippen molar-refractivity contribution in [3.05, 3.63) is 64.7 Å². The van der Waals surface area contributed by atoms with Crippen LogP contribution >= 0.6 is 23.4 Å². The van der Waals surface area contributed by atoms with Crippen LogP contribution in [0.5, 0.6) is 0 Å². The molecule has 0 bridgehead atoms. The van der Waals surface area contributed by atoms with Crippen molar-refractivity contribution >= 4 is 46.8 Å². The van der Waals surface area contributed by atoms with Gasteiger partial charge in [0.15, 0.2) is 6.61 Å². The van der Waals surface area contributed by atoms with Crippen LogP contribution in [-0.4, -0.2) is 48.5 Å². The Bertz CT molecular complexity index is 951. The third-order valence-corrected chi connectivity index (χ3v) is 6.02. The smallest absolute Gasteiger partial charge is 0.329 e. The highest BCUT2D eigenvalue weighted by Gasteiger charge is 2.32. The molecular formula is C23H25ClN2O4S. The molecule has 8 heteroatoms. The molecule has 0 spiro atoms. The van der Waals surface area contributed by atoms with Gasteiger partial charge in [-0.25, -0.2) is 4.79 Å². The monoisotopic (exact) mass is 460 g/mol. The summed E-state index contributed by atoms with van der Waals surface area (Å²) in [4.78, 5) is 39.6. The Labute approximate surface area is 191 Å². The van der Waals surface area contributed by atoms with Gasteiger partial charge in [-0.2, -0.15) is 11.8 Å². The summed E-state index contributed by atoms with van der Waals surface area (Å²) in [5.41, 5.74) is 2.35. The van der Waals surface area contributed by atoms with Gasteiger partial charge in [0.25, 0.3) is 11.8 Å². The molecule has 1 aliphatic rings. The lowest BCUT2D eigenvalue weighted by Gasteiger charge is -2.23. The Morgan fingerprint density at radius 2 is 1.90 bits per heavy atom. The SMILES string of the molecule is CSCC[C@H](NC(=O)c1ccc(Cl)cc1)C(=O)OCC(=O)N1c2ccccc2C[C@@H]1C. The highest BCUT2D eigenvalue weighted by Crippen LogP contribution is 2.31. The van der Waals surface area contributed by atoms with E-state index < -0.39 is 17.9 Å². The number of nitrogens with one attached hydrogen (secondary N) is 1. The van der Waals surface area contributed by atoms with Crippen LogP contribution in [0.25, 0.3) is 0 Å². The molecule has 0 unspecified atom stereocenters. The van der Waals surface area contributed by atoms with Gasteiger partial charge < -0.3 is 15.0 Å². The third kappa shape index (κ3) is 5.80. The maximum atomic E-state index is 12.8. The lowest BCUT2D eigenvalue weighted by Crippen LogP contribution is -2.44. The van der Waals surface area contributed by atoms with Gasteiger partial charge in [-0.3, -0.25) is 9.59 Å². The van der Waals surface area contributed by atoms with Gasteiger partial charge in [0.1, 0.15) is 6.04 Å².